The van der Waals surface area contributed by atoms with E-state index in [9.17, 15) is 9.59 Å². The Morgan fingerprint density at radius 1 is 1.41 bits per heavy atom. The largest absolute Gasteiger partial charge is 0.357 e. The lowest BCUT2D eigenvalue weighted by atomic mass is 9.75. The smallest absolute Gasteiger partial charge is 0.242 e. The Kier molecular flexibility index (Phi) is 3.38. The Hall–Kier alpha value is -1.10. The van der Waals surface area contributed by atoms with Crippen molar-refractivity contribution in [2.75, 3.05) is 13.6 Å². The van der Waals surface area contributed by atoms with Gasteiger partial charge in [-0.2, -0.15) is 0 Å². The van der Waals surface area contributed by atoms with E-state index in [4.69, 9.17) is 5.73 Å². The van der Waals surface area contributed by atoms with Crippen LogP contribution in [0.5, 0.6) is 0 Å². The predicted octanol–water partition coefficient (Wildman–Crippen LogP) is -0.00510. The van der Waals surface area contributed by atoms with Crippen molar-refractivity contribution in [2.24, 2.45) is 5.73 Å². The van der Waals surface area contributed by atoms with Gasteiger partial charge in [-0.15, -0.1) is 0 Å². The Bertz CT molecular complexity index is 326. The Morgan fingerprint density at radius 2 is 2.12 bits per heavy atom. The molecule has 2 fully saturated rings. The monoisotopic (exact) mass is 239 g/mol. The molecule has 1 saturated heterocycles. The summed E-state index contributed by atoms with van der Waals surface area (Å²) >= 11 is 0. The minimum absolute atomic E-state index is 0.0401. The fraction of sp³-hybridized carbons (Fsp3) is 0.833. The van der Waals surface area contributed by atoms with Gasteiger partial charge in [0.05, 0.1) is 0 Å². The highest BCUT2D eigenvalue weighted by Crippen LogP contribution is 2.33. The van der Waals surface area contributed by atoms with E-state index in [0.29, 0.717) is 13.0 Å². The minimum Gasteiger partial charge on any atom is -0.357 e. The van der Waals surface area contributed by atoms with Crippen LogP contribution in [0.15, 0.2) is 0 Å². The van der Waals surface area contributed by atoms with Gasteiger partial charge >= 0.3 is 0 Å². The molecule has 2 rings (SSSR count). The summed E-state index contributed by atoms with van der Waals surface area (Å²) in [4.78, 5) is 25.5. The summed E-state index contributed by atoms with van der Waals surface area (Å²) in [5, 5.41) is 2.62. The van der Waals surface area contributed by atoms with Gasteiger partial charge in [-0.25, -0.2) is 0 Å². The van der Waals surface area contributed by atoms with Gasteiger partial charge in [0, 0.05) is 25.6 Å². The molecule has 5 nitrogen and oxygen atoms in total. The lowest BCUT2D eigenvalue weighted by Crippen LogP contribution is -2.52. The van der Waals surface area contributed by atoms with Gasteiger partial charge in [-0.3, -0.25) is 9.59 Å². The third kappa shape index (κ3) is 2.44. The van der Waals surface area contributed by atoms with Crippen LogP contribution in [0, 0.1) is 0 Å². The van der Waals surface area contributed by atoms with Crippen molar-refractivity contribution in [3.63, 3.8) is 0 Å². The van der Waals surface area contributed by atoms with Crippen molar-refractivity contribution in [3.05, 3.63) is 0 Å². The lowest BCUT2D eigenvalue weighted by Gasteiger charge is -2.39. The highest BCUT2D eigenvalue weighted by Gasteiger charge is 2.39. The first-order valence-corrected chi connectivity index (χ1v) is 6.36. The first-order chi connectivity index (χ1) is 8.06. The number of nitrogens with one attached hydrogen (secondary N) is 1. The van der Waals surface area contributed by atoms with Crippen LogP contribution >= 0.6 is 0 Å². The molecule has 0 radical (unpaired) electrons. The van der Waals surface area contributed by atoms with Crippen molar-refractivity contribution in [1.29, 1.82) is 0 Å². The number of likely N-dealkylation sites (N-methyl/N-ethyl adjacent to an activating group) is 1. The molecule has 17 heavy (non-hydrogen) atoms. The molecule has 0 spiro atoms. The maximum absolute atomic E-state index is 12.2. The van der Waals surface area contributed by atoms with Gasteiger partial charge in [-0.05, 0) is 32.1 Å². The van der Waals surface area contributed by atoms with E-state index < -0.39 is 0 Å². The molecule has 2 amide bonds. The molecular formula is C12H21N3O2. The van der Waals surface area contributed by atoms with Gasteiger partial charge in [0.2, 0.25) is 11.8 Å². The second-order valence-electron chi connectivity index (χ2n) is 5.25. The van der Waals surface area contributed by atoms with Gasteiger partial charge in [0.1, 0.15) is 6.04 Å². The van der Waals surface area contributed by atoms with E-state index in [1.165, 1.54) is 0 Å². The Morgan fingerprint density at radius 3 is 2.65 bits per heavy atom. The fourth-order valence-corrected chi connectivity index (χ4v) is 2.71. The van der Waals surface area contributed by atoms with Crippen molar-refractivity contribution >= 4 is 11.8 Å². The van der Waals surface area contributed by atoms with Crippen molar-refractivity contribution in [3.8, 4) is 0 Å². The van der Waals surface area contributed by atoms with E-state index in [2.05, 4.69) is 5.32 Å². The molecule has 3 N–H and O–H groups in total. The van der Waals surface area contributed by atoms with E-state index in [-0.39, 0.29) is 23.4 Å². The molecule has 1 atom stereocenters. The number of carbonyl (C=O) groups excluding carboxylic acids is 2. The lowest BCUT2D eigenvalue weighted by molar-refractivity contribution is -0.139. The van der Waals surface area contributed by atoms with E-state index in [0.717, 1.165) is 32.1 Å². The average Bonchev–Trinajstić information content (AvgIpc) is 2.74. The number of hydrogen-bond donors (Lipinski definition) is 2. The number of likely N-dealkylation sites (tertiary alicyclic amines) is 1. The van der Waals surface area contributed by atoms with Crippen LogP contribution in [0.2, 0.25) is 0 Å². The molecular weight excluding hydrogens is 218 g/mol. The first-order valence-electron chi connectivity index (χ1n) is 6.36. The van der Waals surface area contributed by atoms with Gasteiger partial charge in [0.25, 0.3) is 0 Å². The van der Waals surface area contributed by atoms with Crippen LogP contribution in [0.4, 0.5) is 0 Å². The zero-order chi connectivity index (χ0) is 12.5. The molecule has 1 aliphatic heterocycles. The van der Waals surface area contributed by atoms with E-state index in [1.807, 2.05) is 0 Å². The number of nitrogens with two attached hydrogens (primary N) is 1. The topological polar surface area (TPSA) is 75.4 Å². The molecule has 5 heteroatoms. The van der Waals surface area contributed by atoms with Crippen LogP contribution in [0.3, 0.4) is 0 Å². The number of amides is 2. The zero-order valence-corrected chi connectivity index (χ0v) is 10.4. The highest BCUT2D eigenvalue weighted by atomic mass is 16.2. The molecule has 2 aliphatic rings. The Balaban J connectivity index is 1.96. The molecule has 1 saturated carbocycles. The minimum atomic E-state index is -0.299. The SMILES string of the molecule is CNC(=O)[C@@H]1CCCN1C(=O)CC1(N)CCC1. The molecule has 96 valence electrons. The van der Waals surface area contributed by atoms with Gasteiger partial charge in [-0.1, -0.05) is 0 Å². The van der Waals surface area contributed by atoms with Crippen molar-refractivity contribution in [2.45, 2.75) is 50.1 Å². The summed E-state index contributed by atoms with van der Waals surface area (Å²) in [5.74, 6) is -0.0196. The molecule has 0 unspecified atom stereocenters. The quantitative estimate of drug-likeness (QED) is 0.727. The molecule has 0 bridgehead atoms. The fourth-order valence-electron chi connectivity index (χ4n) is 2.71. The van der Waals surface area contributed by atoms with E-state index >= 15 is 0 Å². The van der Waals surface area contributed by atoms with Crippen LogP contribution in [-0.4, -0.2) is 41.9 Å². The normalized spacial score (nSPS) is 26.5. The third-order valence-corrected chi connectivity index (χ3v) is 3.97. The highest BCUT2D eigenvalue weighted by molar-refractivity contribution is 5.88. The second-order valence-corrected chi connectivity index (χ2v) is 5.25. The molecule has 1 aliphatic carbocycles. The zero-order valence-electron chi connectivity index (χ0n) is 10.4. The second kappa shape index (κ2) is 4.64. The number of rotatable bonds is 3. The van der Waals surface area contributed by atoms with Crippen LogP contribution in [-0.2, 0) is 9.59 Å². The van der Waals surface area contributed by atoms with Gasteiger partial charge in [0.15, 0.2) is 0 Å². The predicted molar refractivity (Wildman–Crippen MR) is 64.2 cm³/mol. The van der Waals surface area contributed by atoms with Crippen LogP contribution in [0.1, 0.15) is 38.5 Å². The number of hydrogen-bond acceptors (Lipinski definition) is 3. The standard InChI is InChI=1S/C12H21N3O2/c1-14-11(17)9-4-2-7-15(9)10(16)8-12(13)5-3-6-12/h9H,2-8,13H2,1H3,(H,14,17)/t9-/m0/s1. The first kappa shape index (κ1) is 12.4. The molecule has 0 aromatic heterocycles. The number of nitrogens with zero attached hydrogens (tertiary/aromatic N) is 1. The summed E-state index contributed by atoms with van der Waals surface area (Å²) in [5.41, 5.74) is 5.78. The van der Waals surface area contributed by atoms with Crippen LogP contribution < -0.4 is 11.1 Å². The van der Waals surface area contributed by atoms with E-state index in [1.54, 1.807) is 11.9 Å². The summed E-state index contributed by atoms with van der Waals surface area (Å²) in [6.07, 6.45) is 5.03. The van der Waals surface area contributed by atoms with Crippen LogP contribution in [0.25, 0.3) is 0 Å². The third-order valence-electron chi connectivity index (χ3n) is 3.97. The summed E-state index contributed by atoms with van der Waals surface area (Å²) in [6.45, 7) is 0.688. The van der Waals surface area contributed by atoms with Crippen molar-refractivity contribution in [1.82, 2.24) is 10.2 Å². The molecule has 0 aromatic rings. The van der Waals surface area contributed by atoms with Crippen molar-refractivity contribution < 1.29 is 9.59 Å². The number of carbonyl (C=O) groups is 2. The average molecular weight is 239 g/mol. The maximum atomic E-state index is 12.2. The summed E-state index contributed by atoms with van der Waals surface area (Å²) in [7, 11) is 1.61. The summed E-state index contributed by atoms with van der Waals surface area (Å²) < 4.78 is 0. The Labute approximate surface area is 102 Å². The maximum Gasteiger partial charge on any atom is 0.242 e. The summed E-state index contributed by atoms with van der Waals surface area (Å²) in [6, 6.07) is -0.281. The van der Waals surface area contributed by atoms with Gasteiger partial charge < -0.3 is 16.0 Å². The molecule has 0 aromatic carbocycles. The molecule has 1 heterocycles.